The number of anilines is 2. The maximum absolute atomic E-state index is 12.3. The standard InChI is InChI=1S/C19H16Cl2N4O/c20-14-7-4-8-15(18(14)21)25-19(26)16-11-24-17(12-23-16)22-10-9-13-5-2-1-3-6-13/h1-8,11-12H,9-10H2,(H,22,24)(H,25,26). The van der Waals surface area contributed by atoms with Gasteiger partial charge in [-0.2, -0.15) is 0 Å². The fourth-order valence-electron chi connectivity index (χ4n) is 2.30. The number of benzene rings is 2. The molecule has 0 bridgehead atoms. The number of amides is 1. The Morgan fingerprint density at radius 1 is 0.962 bits per heavy atom. The molecule has 0 saturated carbocycles. The molecule has 1 amide bonds. The minimum absolute atomic E-state index is 0.189. The first-order valence-corrected chi connectivity index (χ1v) is 8.74. The average Bonchev–Trinajstić information content (AvgIpc) is 2.67. The lowest BCUT2D eigenvalue weighted by molar-refractivity contribution is 0.102. The van der Waals surface area contributed by atoms with Gasteiger partial charge >= 0.3 is 0 Å². The van der Waals surface area contributed by atoms with Gasteiger partial charge in [0.25, 0.3) is 5.91 Å². The lowest BCUT2D eigenvalue weighted by Gasteiger charge is -2.08. The summed E-state index contributed by atoms with van der Waals surface area (Å²) in [7, 11) is 0. The van der Waals surface area contributed by atoms with Crippen molar-refractivity contribution < 1.29 is 4.79 Å². The summed E-state index contributed by atoms with van der Waals surface area (Å²) in [5, 5.41) is 6.51. The van der Waals surface area contributed by atoms with Gasteiger partial charge in [-0.15, -0.1) is 0 Å². The van der Waals surface area contributed by atoms with Crippen molar-refractivity contribution in [3.05, 3.63) is 82.2 Å². The van der Waals surface area contributed by atoms with Crippen molar-refractivity contribution in [2.24, 2.45) is 0 Å². The molecule has 0 aliphatic rings. The summed E-state index contributed by atoms with van der Waals surface area (Å²) in [4.78, 5) is 20.6. The van der Waals surface area contributed by atoms with Crippen LogP contribution < -0.4 is 10.6 Å². The number of carbonyl (C=O) groups is 1. The Morgan fingerprint density at radius 3 is 2.50 bits per heavy atom. The van der Waals surface area contributed by atoms with Crippen LogP contribution in [0.2, 0.25) is 10.0 Å². The molecule has 2 aromatic carbocycles. The summed E-state index contributed by atoms with van der Waals surface area (Å²) in [5.41, 5.74) is 1.85. The number of hydrogen-bond acceptors (Lipinski definition) is 4. The second-order valence-corrected chi connectivity index (χ2v) is 6.29. The Hall–Kier alpha value is -2.63. The minimum Gasteiger partial charge on any atom is -0.368 e. The van der Waals surface area contributed by atoms with E-state index in [1.807, 2.05) is 18.2 Å². The normalized spacial score (nSPS) is 10.4. The van der Waals surface area contributed by atoms with Gasteiger partial charge in [-0.1, -0.05) is 59.6 Å². The number of aromatic nitrogens is 2. The van der Waals surface area contributed by atoms with Gasteiger partial charge in [0.15, 0.2) is 0 Å². The van der Waals surface area contributed by atoms with Gasteiger partial charge in [-0.3, -0.25) is 4.79 Å². The SMILES string of the molecule is O=C(Nc1cccc(Cl)c1Cl)c1cnc(NCCc2ccccc2)cn1. The van der Waals surface area contributed by atoms with Gasteiger partial charge in [0.2, 0.25) is 0 Å². The zero-order valence-electron chi connectivity index (χ0n) is 13.7. The van der Waals surface area contributed by atoms with Crippen molar-refractivity contribution in [1.29, 1.82) is 0 Å². The van der Waals surface area contributed by atoms with Crippen LogP contribution >= 0.6 is 23.2 Å². The largest absolute Gasteiger partial charge is 0.368 e. The number of carbonyl (C=O) groups excluding carboxylic acids is 1. The first-order valence-electron chi connectivity index (χ1n) is 7.98. The summed E-state index contributed by atoms with van der Waals surface area (Å²) >= 11 is 12.0. The highest BCUT2D eigenvalue weighted by Crippen LogP contribution is 2.29. The van der Waals surface area contributed by atoms with E-state index < -0.39 is 5.91 Å². The molecular formula is C19H16Cl2N4O. The molecule has 26 heavy (non-hydrogen) atoms. The lowest BCUT2D eigenvalue weighted by Crippen LogP contribution is -2.15. The van der Waals surface area contributed by atoms with E-state index in [2.05, 4.69) is 32.7 Å². The van der Waals surface area contributed by atoms with Crippen LogP contribution in [-0.2, 0) is 6.42 Å². The van der Waals surface area contributed by atoms with Crippen molar-refractivity contribution >= 4 is 40.6 Å². The highest BCUT2D eigenvalue weighted by Gasteiger charge is 2.12. The first-order chi connectivity index (χ1) is 12.6. The summed E-state index contributed by atoms with van der Waals surface area (Å²) in [6.07, 6.45) is 3.82. The topological polar surface area (TPSA) is 66.9 Å². The molecule has 2 N–H and O–H groups in total. The molecule has 5 nitrogen and oxygen atoms in total. The number of nitrogens with zero attached hydrogens (tertiary/aromatic N) is 2. The minimum atomic E-state index is -0.405. The smallest absolute Gasteiger partial charge is 0.275 e. The van der Waals surface area contributed by atoms with E-state index in [0.29, 0.717) is 16.5 Å². The molecule has 7 heteroatoms. The van der Waals surface area contributed by atoms with Gasteiger partial charge in [-0.25, -0.2) is 9.97 Å². The molecule has 0 fully saturated rings. The molecule has 0 aliphatic heterocycles. The maximum atomic E-state index is 12.3. The molecule has 132 valence electrons. The van der Waals surface area contributed by atoms with Crippen molar-refractivity contribution in [3.63, 3.8) is 0 Å². The maximum Gasteiger partial charge on any atom is 0.275 e. The zero-order valence-corrected chi connectivity index (χ0v) is 15.3. The third kappa shape index (κ3) is 4.71. The van der Waals surface area contributed by atoms with E-state index in [0.717, 1.165) is 13.0 Å². The number of nitrogens with one attached hydrogen (secondary N) is 2. The van der Waals surface area contributed by atoms with Gasteiger partial charge in [0.05, 0.1) is 28.1 Å². The molecule has 1 heterocycles. The summed E-state index contributed by atoms with van der Waals surface area (Å²) < 4.78 is 0. The molecule has 0 atom stereocenters. The van der Waals surface area contributed by atoms with Gasteiger partial charge in [0.1, 0.15) is 11.5 Å². The van der Waals surface area contributed by atoms with Crippen molar-refractivity contribution in [2.45, 2.75) is 6.42 Å². The summed E-state index contributed by atoms with van der Waals surface area (Å²) in [6.45, 7) is 0.725. The molecule has 0 unspecified atom stereocenters. The van der Waals surface area contributed by atoms with E-state index in [1.165, 1.54) is 18.0 Å². The van der Waals surface area contributed by atoms with Crippen molar-refractivity contribution in [3.8, 4) is 0 Å². The van der Waals surface area contributed by atoms with E-state index in [4.69, 9.17) is 23.2 Å². The Kier molecular flexibility index (Phi) is 6.04. The predicted octanol–water partition coefficient (Wildman–Crippen LogP) is 4.69. The molecule has 3 aromatic rings. The number of halogens is 2. The van der Waals surface area contributed by atoms with Crippen LogP contribution in [0.1, 0.15) is 16.1 Å². The highest BCUT2D eigenvalue weighted by molar-refractivity contribution is 6.44. The van der Waals surface area contributed by atoms with Crippen LogP contribution in [0.25, 0.3) is 0 Å². The van der Waals surface area contributed by atoms with Crippen molar-refractivity contribution in [1.82, 2.24) is 9.97 Å². The van der Waals surface area contributed by atoms with Gasteiger partial charge < -0.3 is 10.6 Å². The van der Waals surface area contributed by atoms with E-state index in [-0.39, 0.29) is 10.7 Å². The van der Waals surface area contributed by atoms with Gasteiger partial charge in [-0.05, 0) is 24.1 Å². The van der Waals surface area contributed by atoms with Crippen LogP contribution in [0.5, 0.6) is 0 Å². The number of hydrogen-bond donors (Lipinski definition) is 2. The van der Waals surface area contributed by atoms with E-state index in [9.17, 15) is 4.79 Å². The van der Waals surface area contributed by atoms with E-state index >= 15 is 0 Å². The Morgan fingerprint density at radius 2 is 1.77 bits per heavy atom. The fourth-order valence-corrected chi connectivity index (χ4v) is 2.65. The Labute approximate surface area is 161 Å². The monoisotopic (exact) mass is 386 g/mol. The molecule has 0 aliphatic carbocycles. The third-order valence-corrected chi connectivity index (χ3v) is 4.47. The first kappa shape index (κ1) is 18.2. The average molecular weight is 387 g/mol. The van der Waals surface area contributed by atoms with Gasteiger partial charge in [0, 0.05) is 6.54 Å². The molecular weight excluding hydrogens is 371 g/mol. The Bertz CT molecular complexity index is 886. The van der Waals surface area contributed by atoms with E-state index in [1.54, 1.807) is 18.2 Å². The molecule has 0 radical (unpaired) electrons. The highest BCUT2D eigenvalue weighted by atomic mass is 35.5. The predicted molar refractivity (Wildman–Crippen MR) is 105 cm³/mol. The Balaban J connectivity index is 1.56. The van der Waals surface area contributed by atoms with Crippen molar-refractivity contribution in [2.75, 3.05) is 17.2 Å². The second-order valence-electron chi connectivity index (χ2n) is 5.50. The van der Waals surface area contributed by atoms with Crippen LogP contribution in [0.15, 0.2) is 60.9 Å². The lowest BCUT2D eigenvalue weighted by atomic mass is 10.1. The quantitative estimate of drug-likeness (QED) is 0.644. The fraction of sp³-hybridized carbons (Fsp3) is 0.105. The van der Waals surface area contributed by atoms with Crippen LogP contribution in [-0.4, -0.2) is 22.4 Å². The number of rotatable bonds is 6. The molecule has 1 aromatic heterocycles. The summed E-state index contributed by atoms with van der Waals surface area (Å²) in [6, 6.07) is 15.2. The second kappa shape index (κ2) is 8.65. The van der Waals surface area contributed by atoms with Crippen LogP contribution in [0, 0.1) is 0 Å². The zero-order chi connectivity index (χ0) is 18.4. The molecule has 0 spiro atoms. The summed E-state index contributed by atoms with van der Waals surface area (Å²) in [5.74, 6) is 0.204. The third-order valence-electron chi connectivity index (χ3n) is 3.65. The molecule has 0 saturated heterocycles. The molecule has 3 rings (SSSR count). The van der Waals surface area contributed by atoms with Crippen LogP contribution in [0.3, 0.4) is 0 Å². The van der Waals surface area contributed by atoms with Crippen LogP contribution in [0.4, 0.5) is 11.5 Å².